The molecule has 11 heteroatoms. The fourth-order valence-corrected chi connectivity index (χ4v) is 8.77. The Morgan fingerprint density at radius 3 is 2.55 bits per heavy atom. The summed E-state index contributed by atoms with van der Waals surface area (Å²) in [5.74, 6) is 1.04. The molecular formula is C29H27BrCl2N4O3S. The Bertz CT molecular complexity index is 1590. The predicted molar refractivity (Wildman–Crippen MR) is 162 cm³/mol. The molecule has 40 heavy (non-hydrogen) atoms. The first kappa shape index (κ1) is 26.7. The molecule has 3 fully saturated rings. The standard InChI is InChI=1S/C29H27BrCl2N4O3S/c1-38-28(37)18-9-10-22-27(24(18)30)40-29(34-22)36-16-7-8-17(36)12-15(11-16)33-13-19-25(35-39-26(19)14-5-6-14)23-20(31)3-2-4-21(23)32/h2-4,9-10,14-17,33H,5-8,11-13H2,1H3. The fourth-order valence-electron chi connectivity index (χ4n) is 6.31. The van der Waals surface area contributed by atoms with Crippen molar-refractivity contribution in [1.82, 2.24) is 15.5 Å². The van der Waals surface area contributed by atoms with Gasteiger partial charge in [-0.2, -0.15) is 0 Å². The van der Waals surface area contributed by atoms with Gasteiger partial charge >= 0.3 is 5.97 Å². The summed E-state index contributed by atoms with van der Waals surface area (Å²) in [6.07, 6.45) is 6.61. The van der Waals surface area contributed by atoms with Gasteiger partial charge in [0.25, 0.3) is 0 Å². The first-order valence-corrected chi connectivity index (χ1v) is 15.9. The molecule has 0 amide bonds. The summed E-state index contributed by atoms with van der Waals surface area (Å²) in [4.78, 5) is 19.7. The van der Waals surface area contributed by atoms with Gasteiger partial charge in [0, 0.05) is 41.7 Å². The van der Waals surface area contributed by atoms with Gasteiger partial charge < -0.3 is 19.5 Å². The van der Waals surface area contributed by atoms with Gasteiger partial charge in [-0.15, -0.1) is 0 Å². The summed E-state index contributed by atoms with van der Waals surface area (Å²) in [6.45, 7) is 0.667. The normalized spacial score (nSPS) is 22.3. The van der Waals surface area contributed by atoms with Gasteiger partial charge in [-0.25, -0.2) is 9.78 Å². The van der Waals surface area contributed by atoms with Crippen LogP contribution in [0.15, 0.2) is 39.3 Å². The molecule has 208 valence electrons. The molecule has 4 aromatic rings. The number of rotatable bonds is 7. The highest BCUT2D eigenvalue weighted by atomic mass is 79.9. The number of benzene rings is 2. The van der Waals surface area contributed by atoms with Crippen LogP contribution in [0.3, 0.4) is 0 Å². The molecule has 0 radical (unpaired) electrons. The summed E-state index contributed by atoms with van der Waals surface area (Å²) in [5, 5.41) is 10.5. The molecule has 1 N–H and O–H groups in total. The van der Waals surface area contributed by atoms with Crippen molar-refractivity contribution in [2.75, 3.05) is 12.0 Å². The average molecular weight is 662 g/mol. The van der Waals surface area contributed by atoms with E-state index in [0.29, 0.717) is 46.2 Å². The van der Waals surface area contributed by atoms with Crippen LogP contribution in [0.4, 0.5) is 5.13 Å². The van der Waals surface area contributed by atoms with Crippen LogP contribution in [0.2, 0.25) is 10.0 Å². The van der Waals surface area contributed by atoms with Crippen molar-refractivity contribution in [2.45, 2.75) is 69.1 Å². The third kappa shape index (κ3) is 4.64. The molecular weight excluding hydrogens is 635 g/mol. The topological polar surface area (TPSA) is 80.5 Å². The van der Waals surface area contributed by atoms with Crippen LogP contribution in [0.1, 0.15) is 66.1 Å². The van der Waals surface area contributed by atoms with Crippen LogP contribution in [0, 0.1) is 0 Å². The summed E-state index contributed by atoms with van der Waals surface area (Å²) < 4.78 is 12.5. The molecule has 2 aliphatic heterocycles. The predicted octanol–water partition coefficient (Wildman–Crippen LogP) is 7.97. The van der Waals surface area contributed by atoms with E-state index in [1.54, 1.807) is 17.4 Å². The number of fused-ring (bicyclic) bond motifs is 3. The summed E-state index contributed by atoms with van der Waals surface area (Å²) in [5.41, 5.74) is 3.98. The summed E-state index contributed by atoms with van der Waals surface area (Å²) in [6, 6.07) is 10.4. The SMILES string of the molecule is COC(=O)c1ccc2nc(N3C4CCC3CC(NCc3c(-c5c(Cl)cccc5Cl)noc3C3CC3)C4)sc2c1Br. The van der Waals surface area contributed by atoms with E-state index < -0.39 is 0 Å². The number of carbonyl (C=O) groups excluding carboxylic acids is 1. The molecule has 2 unspecified atom stereocenters. The van der Waals surface area contributed by atoms with Crippen LogP contribution < -0.4 is 10.2 Å². The van der Waals surface area contributed by atoms with E-state index in [1.165, 1.54) is 7.11 Å². The van der Waals surface area contributed by atoms with E-state index in [2.05, 4.69) is 31.3 Å². The maximum atomic E-state index is 12.2. The highest BCUT2D eigenvalue weighted by Gasteiger charge is 2.42. The average Bonchev–Trinajstić information content (AvgIpc) is 3.46. The van der Waals surface area contributed by atoms with Crippen molar-refractivity contribution >= 4 is 71.8 Å². The van der Waals surface area contributed by atoms with Gasteiger partial charge in [-0.05, 0) is 78.7 Å². The fraction of sp³-hybridized carbons (Fsp3) is 0.414. The van der Waals surface area contributed by atoms with E-state index in [-0.39, 0.29) is 5.97 Å². The lowest BCUT2D eigenvalue weighted by molar-refractivity contribution is 0.0600. The largest absolute Gasteiger partial charge is 0.465 e. The lowest BCUT2D eigenvalue weighted by atomic mass is 9.97. The van der Waals surface area contributed by atoms with E-state index in [0.717, 1.165) is 80.9 Å². The Morgan fingerprint density at radius 2 is 1.88 bits per heavy atom. The van der Waals surface area contributed by atoms with Crippen molar-refractivity contribution in [3.63, 3.8) is 0 Å². The van der Waals surface area contributed by atoms with Crippen molar-refractivity contribution in [3.8, 4) is 11.3 Å². The molecule has 1 aliphatic carbocycles. The van der Waals surface area contributed by atoms with Crippen molar-refractivity contribution in [3.05, 3.63) is 61.7 Å². The third-order valence-electron chi connectivity index (χ3n) is 8.38. The first-order chi connectivity index (χ1) is 19.4. The number of carbonyl (C=O) groups is 1. The number of hydrogen-bond acceptors (Lipinski definition) is 8. The van der Waals surface area contributed by atoms with Gasteiger partial charge in [0.05, 0.1) is 37.4 Å². The number of nitrogens with one attached hydrogen (secondary N) is 1. The second-order valence-electron chi connectivity index (χ2n) is 10.8. The number of halogens is 3. The minimum Gasteiger partial charge on any atom is -0.465 e. The van der Waals surface area contributed by atoms with Crippen LogP contribution in [-0.4, -0.2) is 41.3 Å². The number of esters is 1. The van der Waals surface area contributed by atoms with Gasteiger partial charge in [0.1, 0.15) is 11.5 Å². The molecule has 7 nitrogen and oxygen atoms in total. The molecule has 3 aliphatic rings. The monoisotopic (exact) mass is 660 g/mol. The van der Waals surface area contributed by atoms with Crippen LogP contribution >= 0.6 is 50.5 Å². The molecule has 1 saturated carbocycles. The van der Waals surface area contributed by atoms with Crippen LogP contribution in [0.5, 0.6) is 0 Å². The summed E-state index contributed by atoms with van der Waals surface area (Å²) >= 11 is 18.4. The Morgan fingerprint density at radius 1 is 1.15 bits per heavy atom. The van der Waals surface area contributed by atoms with Crippen LogP contribution in [0.25, 0.3) is 21.5 Å². The Kier molecular flexibility index (Phi) is 7.07. The lowest BCUT2D eigenvalue weighted by Crippen LogP contribution is -2.49. The van der Waals surface area contributed by atoms with Gasteiger partial charge in [0.15, 0.2) is 5.13 Å². The van der Waals surface area contributed by atoms with E-state index >= 15 is 0 Å². The highest BCUT2D eigenvalue weighted by Crippen LogP contribution is 2.47. The minimum absolute atomic E-state index is 0.353. The Labute approximate surface area is 254 Å². The lowest BCUT2D eigenvalue weighted by Gasteiger charge is -2.39. The van der Waals surface area contributed by atoms with Gasteiger partial charge in [-0.3, -0.25) is 0 Å². The van der Waals surface area contributed by atoms with Crippen molar-refractivity contribution in [2.24, 2.45) is 0 Å². The van der Waals surface area contributed by atoms with Crippen molar-refractivity contribution < 1.29 is 14.1 Å². The molecule has 0 spiro atoms. The zero-order valence-electron chi connectivity index (χ0n) is 21.8. The summed E-state index contributed by atoms with van der Waals surface area (Å²) in [7, 11) is 1.40. The van der Waals surface area contributed by atoms with E-state index in [4.69, 9.17) is 37.4 Å². The Balaban J connectivity index is 1.10. The smallest absolute Gasteiger partial charge is 0.339 e. The third-order valence-corrected chi connectivity index (χ3v) is 11.2. The molecule has 7 rings (SSSR count). The number of anilines is 1. The first-order valence-electron chi connectivity index (χ1n) is 13.5. The molecule has 2 aromatic heterocycles. The number of methoxy groups -OCH3 is 1. The van der Waals surface area contributed by atoms with Crippen molar-refractivity contribution in [1.29, 1.82) is 0 Å². The maximum Gasteiger partial charge on any atom is 0.339 e. The number of ether oxygens (including phenoxy) is 1. The maximum absolute atomic E-state index is 12.2. The number of hydrogen-bond donors (Lipinski definition) is 1. The quantitative estimate of drug-likeness (QED) is 0.201. The Hall–Kier alpha value is -2.17. The van der Waals surface area contributed by atoms with Crippen LogP contribution in [-0.2, 0) is 11.3 Å². The van der Waals surface area contributed by atoms with E-state index in [1.807, 2.05) is 24.3 Å². The van der Waals surface area contributed by atoms with E-state index in [9.17, 15) is 4.79 Å². The highest BCUT2D eigenvalue weighted by molar-refractivity contribution is 9.10. The second kappa shape index (κ2) is 10.6. The molecule has 2 aromatic carbocycles. The number of thiazole rings is 1. The number of nitrogens with zero attached hydrogens (tertiary/aromatic N) is 3. The number of aromatic nitrogens is 2. The molecule has 4 heterocycles. The zero-order valence-corrected chi connectivity index (χ0v) is 25.7. The molecule has 2 saturated heterocycles. The minimum atomic E-state index is -0.353. The second-order valence-corrected chi connectivity index (χ2v) is 13.4. The number of piperidine rings is 1. The molecule has 2 atom stereocenters. The van der Waals surface area contributed by atoms with Gasteiger partial charge in [-0.1, -0.05) is 45.8 Å². The zero-order chi connectivity index (χ0) is 27.5. The van der Waals surface area contributed by atoms with Gasteiger partial charge in [0.2, 0.25) is 0 Å². The molecule has 2 bridgehead atoms.